The van der Waals surface area contributed by atoms with Gasteiger partial charge in [0.25, 0.3) is 11.6 Å². The van der Waals surface area contributed by atoms with E-state index in [4.69, 9.17) is 23.2 Å². The van der Waals surface area contributed by atoms with Gasteiger partial charge in [-0.1, -0.05) is 23.2 Å². The van der Waals surface area contributed by atoms with E-state index in [-0.39, 0.29) is 16.6 Å². The monoisotopic (exact) mass is 396 g/mol. The first kappa shape index (κ1) is 17.4. The molecule has 0 aliphatic carbocycles. The van der Waals surface area contributed by atoms with Crippen LogP contribution in [0.1, 0.15) is 15.2 Å². The Morgan fingerprint density at radius 2 is 2.16 bits per heavy atom. The Morgan fingerprint density at radius 3 is 2.80 bits per heavy atom. The molecule has 2 heterocycles. The summed E-state index contributed by atoms with van der Waals surface area (Å²) in [7, 11) is 0. The molecular formula is C15H10Cl2N4O3S. The third-order valence-corrected chi connectivity index (χ3v) is 4.72. The van der Waals surface area contributed by atoms with Gasteiger partial charge in [-0.25, -0.2) is 0 Å². The van der Waals surface area contributed by atoms with E-state index in [2.05, 4.69) is 10.4 Å². The molecule has 0 unspecified atom stereocenters. The van der Waals surface area contributed by atoms with Crippen molar-refractivity contribution < 1.29 is 9.72 Å². The van der Waals surface area contributed by atoms with Crippen LogP contribution in [0.2, 0.25) is 10.0 Å². The third kappa shape index (κ3) is 4.16. The predicted molar refractivity (Wildman–Crippen MR) is 96.7 cm³/mol. The number of hydrogen-bond donors (Lipinski definition) is 1. The Balaban J connectivity index is 1.70. The average molecular weight is 397 g/mol. The number of halogens is 2. The first-order valence-electron chi connectivity index (χ1n) is 6.93. The molecule has 1 amide bonds. The van der Waals surface area contributed by atoms with E-state index in [0.29, 0.717) is 22.1 Å². The molecule has 1 aromatic carbocycles. The van der Waals surface area contributed by atoms with Crippen molar-refractivity contribution in [1.29, 1.82) is 0 Å². The summed E-state index contributed by atoms with van der Waals surface area (Å²) >= 11 is 13.1. The van der Waals surface area contributed by atoms with Crippen LogP contribution in [0.5, 0.6) is 0 Å². The van der Waals surface area contributed by atoms with E-state index in [1.165, 1.54) is 35.7 Å². The summed E-state index contributed by atoms with van der Waals surface area (Å²) < 4.78 is 1.67. The van der Waals surface area contributed by atoms with Crippen LogP contribution >= 0.6 is 34.5 Å². The molecule has 0 spiro atoms. The number of nitrogens with zero attached hydrogens (tertiary/aromatic N) is 3. The van der Waals surface area contributed by atoms with E-state index < -0.39 is 4.92 Å². The number of carbonyl (C=O) groups excluding carboxylic acids is 1. The molecule has 7 nitrogen and oxygen atoms in total. The molecule has 3 aromatic rings. The van der Waals surface area contributed by atoms with Crippen LogP contribution in [0.3, 0.4) is 0 Å². The Morgan fingerprint density at radius 1 is 1.36 bits per heavy atom. The number of thiophene rings is 1. The molecule has 3 rings (SSSR count). The van der Waals surface area contributed by atoms with Crippen LogP contribution < -0.4 is 5.32 Å². The SMILES string of the molecule is O=C(Nc1ccc([N+](=O)[O-])cc1Cl)c1cc(Cn2cc(Cl)cn2)cs1. The lowest BCUT2D eigenvalue weighted by Crippen LogP contribution is -2.10. The van der Waals surface area contributed by atoms with Gasteiger partial charge in [-0.2, -0.15) is 5.10 Å². The standard InChI is InChI=1S/C15H10Cl2N4O3S/c16-10-5-18-20(7-10)6-9-3-14(25-8-9)15(22)19-13-2-1-11(21(23)24)4-12(13)17/h1-5,7-8H,6H2,(H,19,22). The zero-order valence-electron chi connectivity index (χ0n) is 12.5. The lowest BCUT2D eigenvalue weighted by atomic mass is 10.2. The summed E-state index contributed by atoms with van der Waals surface area (Å²) in [5.41, 5.74) is 1.08. The van der Waals surface area contributed by atoms with Crippen LogP contribution in [0.4, 0.5) is 11.4 Å². The number of non-ortho nitro benzene ring substituents is 1. The third-order valence-electron chi connectivity index (χ3n) is 3.24. The lowest BCUT2D eigenvalue weighted by Gasteiger charge is -2.05. The number of nitro benzene ring substituents is 1. The smallest absolute Gasteiger partial charge is 0.271 e. The van der Waals surface area contributed by atoms with Crippen molar-refractivity contribution in [3.05, 3.63) is 72.6 Å². The number of nitro groups is 1. The molecule has 0 aliphatic rings. The topological polar surface area (TPSA) is 90.1 Å². The van der Waals surface area contributed by atoms with Crippen LogP contribution in [0, 0.1) is 10.1 Å². The Hall–Kier alpha value is -2.42. The van der Waals surface area contributed by atoms with Gasteiger partial charge < -0.3 is 5.32 Å². The molecule has 0 saturated heterocycles. The number of benzene rings is 1. The van der Waals surface area contributed by atoms with Crippen molar-refractivity contribution in [3.8, 4) is 0 Å². The zero-order valence-corrected chi connectivity index (χ0v) is 14.8. The minimum Gasteiger partial charge on any atom is -0.320 e. The van der Waals surface area contributed by atoms with E-state index >= 15 is 0 Å². The maximum Gasteiger partial charge on any atom is 0.271 e. The zero-order chi connectivity index (χ0) is 18.0. The quantitative estimate of drug-likeness (QED) is 0.508. The number of rotatable bonds is 5. The second-order valence-corrected chi connectivity index (χ2v) is 6.81. The van der Waals surface area contributed by atoms with Crippen molar-refractivity contribution in [2.75, 3.05) is 5.32 Å². The normalized spacial score (nSPS) is 10.6. The summed E-state index contributed by atoms with van der Waals surface area (Å²) in [5, 5.41) is 19.9. The fraction of sp³-hybridized carbons (Fsp3) is 0.0667. The highest BCUT2D eigenvalue weighted by atomic mass is 35.5. The van der Waals surface area contributed by atoms with Gasteiger partial charge in [-0.15, -0.1) is 11.3 Å². The second-order valence-electron chi connectivity index (χ2n) is 5.05. The largest absolute Gasteiger partial charge is 0.320 e. The summed E-state index contributed by atoms with van der Waals surface area (Å²) in [5.74, 6) is -0.342. The van der Waals surface area contributed by atoms with Gasteiger partial charge in [-0.3, -0.25) is 19.6 Å². The number of nitrogens with one attached hydrogen (secondary N) is 1. The number of carbonyl (C=O) groups is 1. The number of anilines is 1. The highest BCUT2D eigenvalue weighted by Gasteiger charge is 2.14. The average Bonchev–Trinajstić information content (AvgIpc) is 3.18. The molecule has 0 fully saturated rings. The molecule has 2 aromatic heterocycles. The molecule has 10 heteroatoms. The number of aromatic nitrogens is 2. The van der Waals surface area contributed by atoms with Crippen LogP contribution in [0.25, 0.3) is 0 Å². The van der Waals surface area contributed by atoms with E-state index in [0.717, 1.165) is 5.56 Å². The minimum absolute atomic E-state index is 0.102. The van der Waals surface area contributed by atoms with Gasteiger partial charge in [0, 0.05) is 18.3 Å². The first-order valence-corrected chi connectivity index (χ1v) is 8.56. The summed E-state index contributed by atoms with van der Waals surface area (Å²) in [6.45, 7) is 0.495. The highest BCUT2D eigenvalue weighted by Crippen LogP contribution is 2.27. The fourth-order valence-electron chi connectivity index (χ4n) is 2.09. The van der Waals surface area contributed by atoms with Gasteiger partial charge in [-0.05, 0) is 23.1 Å². The van der Waals surface area contributed by atoms with Crippen molar-refractivity contribution in [1.82, 2.24) is 9.78 Å². The minimum atomic E-state index is -0.551. The Kier molecular flexibility index (Phi) is 5.03. The number of hydrogen-bond acceptors (Lipinski definition) is 5. The van der Waals surface area contributed by atoms with E-state index in [1.807, 2.05) is 5.38 Å². The summed E-state index contributed by atoms with van der Waals surface area (Å²) in [6, 6.07) is 5.62. The maximum absolute atomic E-state index is 12.3. The van der Waals surface area contributed by atoms with Gasteiger partial charge in [0.15, 0.2) is 0 Å². The van der Waals surface area contributed by atoms with Gasteiger partial charge >= 0.3 is 0 Å². The molecule has 25 heavy (non-hydrogen) atoms. The molecule has 0 bridgehead atoms. The van der Waals surface area contributed by atoms with Crippen molar-refractivity contribution in [2.45, 2.75) is 6.54 Å². The predicted octanol–water partition coefficient (Wildman–Crippen LogP) is 4.46. The molecule has 128 valence electrons. The van der Waals surface area contributed by atoms with Gasteiger partial charge in [0.2, 0.25) is 0 Å². The maximum atomic E-state index is 12.3. The Labute approximate surface area is 155 Å². The number of amides is 1. The van der Waals surface area contributed by atoms with Gasteiger partial charge in [0.05, 0.1) is 38.3 Å². The van der Waals surface area contributed by atoms with Crippen LogP contribution in [0.15, 0.2) is 42.0 Å². The molecule has 1 N–H and O–H groups in total. The van der Waals surface area contributed by atoms with E-state index in [9.17, 15) is 14.9 Å². The molecule has 0 radical (unpaired) electrons. The van der Waals surface area contributed by atoms with Crippen molar-refractivity contribution >= 4 is 51.8 Å². The molecular weight excluding hydrogens is 387 g/mol. The summed E-state index contributed by atoms with van der Waals surface area (Å²) in [6.07, 6.45) is 3.23. The molecule has 0 atom stereocenters. The highest BCUT2D eigenvalue weighted by molar-refractivity contribution is 7.12. The van der Waals surface area contributed by atoms with Crippen molar-refractivity contribution in [3.63, 3.8) is 0 Å². The molecule has 0 aliphatic heterocycles. The van der Waals surface area contributed by atoms with Gasteiger partial charge in [0.1, 0.15) is 0 Å². The van der Waals surface area contributed by atoms with Crippen molar-refractivity contribution in [2.24, 2.45) is 0 Å². The van der Waals surface area contributed by atoms with Crippen LogP contribution in [-0.4, -0.2) is 20.6 Å². The first-order chi connectivity index (χ1) is 11.9. The molecule has 0 saturated carbocycles. The Bertz CT molecular complexity index is 954. The van der Waals surface area contributed by atoms with E-state index in [1.54, 1.807) is 16.9 Å². The second kappa shape index (κ2) is 7.22. The fourth-order valence-corrected chi connectivity index (χ4v) is 3.27. The lowest BCUT2D eigenvalue weighted by molar-refractivity contribution is -0.384. The van der Waals surface area contributed by atoms with Crippen LogP contribution in [-0.2, 0) is 6.54 Å². The summed E-state index contributed by atoms with van der Waals surface area (Å²) in [4.78, 5) is 23.0.